The number of benzene rings is 3. The highest BCUT2D eigenvalue weighted by Gasteiger charge is 2.15. The van der Waals surface area contributed by atoms with Gasteiger partial charge in [0.15, 0.2) is 10.7 Å². The van der Waals surface area contributed by atoms with Crippen molar-refractivity contribution in [3.8, 4) is 11.5 Å². The van der Waals surface area contributed by atoms with Gasteiger partial charge in [-0.1, -0.05) is 17.7 Å². The molecule has 0 unspecified atom stereocenters. The lowest BCUT2D eigenvalue weighted by Crippen LogP contribution is -2.35. The van der Waals surface area contributed by atoms with Crippen molar-refractivity contribution in [1.29, 1.82) is 0 Å². The van der Waals surface area contributed by atoms with Crippen LogP contribution in [0.2, 0.25) is 5.02 Å². The van der Waals surface area contributed by atoms with Crippen molar-refractivity contribution in [3.63, 3.8) is 0 Å². The summed E-state index contributed by atoms with van der Waals surface area (Å²) in [5, 5.41) is 6.74. The molecular weight excluding hydrogens is 474 g/mol. The first-order chi connectivity index (χ1) is 15.8. The van der Waals surface area contributed by atoms with Crippen LogP contribution in [-0.2, 0) is 4.79 Å². The van der Waals surface area contributed by atoms with Gasteiger partial charge in [0, 0.05) is 21.2 Å². The number of halogens is 1. The lowest BCUT2D eigenvalue weighted by atomic mass is 10.1. The minimum Gasteiger partial charge on any atom is -0.436 e. The normalized spacial score (nSPS) is 10.9. The first-order valence-electron chi connectivity index (χ1n) is 10.3. The molecule has 2 N–H and O–H groups in total. The van der Waals surface area contributed by atoms with Gasteiger partial charge < -0.3 is 15.1 Å². The third-order valence-electron chi connectivity index (χ3n) is 5.25. The van der Waals surface area contributed by atoms with Gasteiger partial charge in [0.25, 0.3) is 0 Å². The Morgan fingerprint density at radius 3 is 2.58 bits per heavy atom. The number of thiocarbonyl (C=S) groups is 1. The average molecular weight is 496 g/mol. The molecule has 0 saturated carbocycles. The minimum absolute atomic E-state index is 0.189. The summed E-state index contributed by atoms with van der Waals surface area (Å²) in [6.07, 6.45) is 0. The number of fused-ring (bicyclic) bond motifs is 1. The third-order valence-corrected chi connectivity index (χ3v) is 6.72. The van der Waals surface area contributed by atoms with E-state index >= 15 is 0 Å². The summed E-state index contributed by atoms with van der Waals surface area (Å²) >= 11 is 12.7. The molecule has 3 aromatic carbocycles. The van der Waals surface area contributed by atoms with Gasteiger partial charge in [-0.15, -0.1) is 11.8 Å². The molecule has 0 bridgehead atoms. The first-order valence-corrected chi connectivity index (χ1v) is 12.0. The van der Waals surface area contributed by atoms with E-state index in [0.717, 1.165) is 38.4 Å². The Morgan fingerprint density at radius 2 is 1.82 bits per heavy atom. The number of anilines is 1. The molecule has 0 aliphatic rings. The van der Waals surface area contributed by atoms with Crippen LogP contribution in [0.15, 0.2) is 63.9 Å². The standard InChI is InChI=1S/C25H22ClN3O2S2/c1-14-11-21-22(12-15(14)2)31-24(27-21)19-5-4-6-20(16(19)3)28-25(32)29-23(30)13-33-18-9-7-17(26)8-10-18/h4-12H,13H2,1-3H3,(H2,28,29,30,32). The molecule has 0 aliphatic carbocycles. The van der Waals surface area contributed by atoms with Crippen LogP contribution in [0, 0.1) is 20.8 Å². The number of aryl methyl sites for hydroxylation is 2. The molecule has 33 heavy (non-hydrogen) atoms. The first kappa shape index (κ1) is 23.3. The summed E-state index contributed by atoms with van der Waals surface area (Å²) in [6, 6.07) is 17.1. The van der Waals surface area contributed by atoms with Crippen molar-refractivity contribution in [3.05, 3.63) is 76.3 Å². The SMILES string of the molecule is Cc1cc2nc(-c3cccc(NC(=S)NC(=O)CSc4ccc(Cl)cc4)c3C)oc2cc1C. The maximum Gasteiger partial charge on any atom is 0.236 e. The zero-order valence-electron chi connectivity index (χ0n) is 18.4. The summed E-state index contributed by atoms with van der Waals surface area (Å²) < 4.78 is 6.02. The van der Waals surface area contributed by atoms with Crippen molar-refractivity contribution >= 4 is 63.4 Å². The molecule has 4 aromatic rings. The van der Waals surface area contributed by atoms with Gasteiger partial charge in [-0.25, -0.2) is 4.98 Å². The highest BCUT2D eigenvalue weighted by Crippen LogP contribution is 2.31. The highest BCUT2D eigenvalue weighted by atomic mass is 35.5. The number of nitrogens with one attached hydrogen (secondary N) is 2. The number of hydrogen-bond acceptors (Lipinski definition) is 5. The maximum atomic E-state index is 12.3. The van der Waals surface area contributed by atoms with Crippen LogP contribution < -0.4 is 10.6 Å². The highest BCUT2D eigenvalue weighted by molar-refractivity contribution is 8.00. The monoisotopic (exact) mass is 495 g/mol. The van der Waals surface area contributed by atoms with E-state index in [1.54, 1.807) is 12.1 Å². The molecule has 8 heteroatoms. The smallest absolute Gasteiger partial charge is 0.236 e. The Kier molecular flexibility index (Phi) is 7.02. The van der Waals surface area contributed by atoms with E-state index in [1.165, 1.54) is 17.3 Å². The van der Waals surface area contributed by atoms with Crippen LogP contribution in [0.4, 0.5) is 5.69 Å². The van der Waals surface area contributed by atoms with Crippen LogP contribution in [0.25, 0.3) is 22.6 Å². The summed E-state index contributed by atoms with van der Waals surface area (Å²) in [5.74, 6) is 0.598. The van der Waals surface area contributed by atoms with Crippen LogP contribution in [0.3, 0.4) is 0 Å². The summed E-state index contributed by atoms with van der Waals surface area (Å²) in [6.45, 7) is 6.07. The largest absolute Gasteiger partial charge is 0.436 e. The van der Waals surface area contributed by atoms with E-state index in [1.807, 2.05) is 49.4 Å². The van der Waals surface area contributed by atoms with Crippen molar-refractivity contribution in [2.75, 3.05) is 11.1 Å². The maximum absolute atomic E-state index is 12.3. The number of hydrogen-bond donors (Lipinski definition) is 2. The molecule has 4 rings (SSSR count). The molecule has 0 saturated heterocycles. The predicted octanol–water partition coefficient (Wildman–Crippen LogP) is 6.68. The average Bonchev–Trinajstić information content (AvgIpc) is 3.17. The molecule has 0 atom stereocenters. The van der Waals surface area contributed by atoms with Gasteiger partial charge >= 0.3 is 0 Å². The van der Waals surface area contributed by atoms with E-state index in [4.69, 9.17) is 28.2 Å². The van der Waals surface area contributed by atoms with E-state index in [0.29, 0.717) is 10.9 Å². The van der Waals surface area contributed by atoms with Gasteiger partial charge in [-0.05, 0) is 98.2 Å². The molecule has 0 fully saturated rings. The number of aromatic nitrogens is 1. The Hall–Kier alpha value is -2.87. The summed E-state index contributed by atoms with van der Waals surface area (Å²) in [7, 11) is 0. The molecule has 1 heterocycles. The number of thioether (sulfide) groups is 1. The number of carbonyl (C=O) groups is 1. The van der Waals surface area contributed by atoms with Crippen LogP contribution in [0.5, 0.6) is 0 Å². The second-order valence-electron chi connectivity index (χ2n) is 7.65. The van der Waals surface area contributed by atoms with E-state index in [2.05, 4.69) is 29.5 Å². The Balaban J connectivity index is 1.43. The minimum atomic E-state index is -0.189. The topological polar surface area (TPSA) is 67.2 Å². The van der Waals surface area contributed by atoms with Gasteiger partial charge in [0.2, 0.25) is 11.8 Å². The van der Waals surface area contributed by atoms with Crippen LogP contribution in [-0.4, -0.2) is 21.8 Å². The van der Waals surface area contributed by atoms with Crippen molar-refractivity contribution in [2.24, 2.45) is 0 Å². The fraction of sp³-hybridized carbons (Fsp3) is 0.160. The number of amides is 1. The molecule has 1 aromatic heterocycles. The molecule has 0 aliphatic heterocycles. The number of rotatable bonds is 5. The zero-order chi connectivity index (χ0) is 23.5. The van der Waals surface area contributed by atoms with Crippen molar-refractivity contribution in [2.45, 2.75) is 25.7 Å². The Bertz CT molecular complexity index is 1310. The summed E-state index contributed by atoms with van der Waals surface area (Å²) in [4.78, 5) is 17.9. The second kappa shape index (κ2) is 9.95. The molecule has 0 spiro atoms. The van der Waals surface area contributed by atoms with Crippen LogP contribution in [0.1, 0.15) is 16.7 Å². The molecule has 0 radical (unpaired) electrons. The zero-order valence-corrected chi connectivity index (χ0v) is 20.8. The van der Waals surface area contributed by atoms with E-state index < -0.39 is 0 Å². The fourth-order valence-electron chi connectivity index (χ4n) is 3.29. The predicted molar refractivity (Wildman–Crippen MR) is 140 cm³/mol. The Labute approximate surface area is 206 Å². The lowest BCUT2D eigenvalue weighted by Gasteiger charge is -2.13. The Morgan fingerprint density at radius 1 is 1.09 bits per heavy atom. The van der Waals surface area contributed by atoms with Gasteiger partial charge in [-0.3, -0.25) is 4.79 Å². The molecule has 168 valence electrons. The van der Waals surface area contributed by atoms with Gasteiger partial charge in [0.1, 0.15) is 5.52 Å². The van der Waals surface area contributed by atoms with E-state index in [9.17, 15) is 4.79 Å². The van der Waals surface area contributed by atoms with E-state index in [-0.39, 0.29) is 16.8 Å². The third kappa shape index (κ3) is 5.55. The second-order valence-corrected chi connectivity index (χ2v) is 9.54. The molecule has 5 nitrogen and oxygen atoms in total. The summed E-state index contributed by atoms with van der Waals surface area (Å²) in [5.41, 5.74) is 6.47. The molecular formula is C25H22ClN3O2S2. The molecule has 1 amide bonds. The van der Waals surface area contributed by atoms with Gasteiger partial charge in [0.05, 0.1) is 5.75 Å². The number of oxazole rings is 1. The van der Waals surface area contributed by atoms with Crippen LogP contribution >= 0.6 is 35.6 Å². The number of carbonyl (C=O) groups excluding carboxylic acids is 1. The quantitative estimate of drug-likeness (QED) is 0.238. The van der Waals surface area contributed by atoms with Crippen molar-refractivity contribution < 1.29 is 9.21 Å². The fourth-order valence-corrected chi connectivity index (χ4v) is 4.34. The van der Waals surface area contributed by atoms with Gasteiger partial charge in [-0.2, -0.15) is 0 Å². The lowest BCUT2D eigenvalue weighted by molar-refractivity contribution is -0.117. The number of nitrogens with zero attached hydrogens (tertiary/aromatic N) is 1. The van der Waals surface area contributed by atoms with Crippen molar-refractivity contribution in [1.82, 2.24) is 10.3 Å².